The number of aryl methyl sites for hydroxylation is 1. The second kappa shape index (κ2) is 9.43. The van der Waals surface area contributed by atoms with Crippen LogP contribution in [0.2, 0.25) is 0 Å². The molecule has 150 valence electrons. The maximum atomic E-state index is 12.5. The van der Waals surface area contributed by atoms with E-state index in [1.807, 2.05) is 53.7 Å². The summed E-state index contributed by atoms with van der Waals surface area (Å²) in [5.41, 5.74) is 3.37. The lowest BCUT2D eigenvalue weighted by Crippen LogP contribution is -2.49. The molecule has 0 atom stereocenters. The Kier molecular flexibility index (Phi) is 6.73. The number of aromatic nitrogens is 2. The van der Waals surface area contributed by atoms with Crippen molar-refractivity contribution in [2.75, 3.05) is 31.1 Å². The van der Waals surface area contributed by atoms with Gasteiger partial charge in [0.15, 0.2) is 0 Å². The van der Waals surface area contributed by atoms with E-state index in [1.54, 1.807) is 6.08 Å². The topological polar surface area (TPSA) is 41.4 Å². The number of nitrogens with zero attached hydrogens (tertiary/aromatic N) is 4. The summed E-state index contributed by atoms with van der Waals surface area (Å²) in [7, 11) is 0. The van der Waals surface area contributed by atoms with Crippen molar-refractivity contribution >= 4 is 30.3 Å². The molecule has 1 aromatic heterocycles. The standard InChI is InChI=1S/C23H24N4O.ClH/c1-19-7-10-21(11-8-19)27-14-13-24-23(27)26-17-15-25(16-18-26)22(28)12-9-20-5-3-2-4-6-20;/h2-14H,15-18H2,1H3;1H. The summed E-state index contributed by atoms with van der Waals surface area (Å²) in [6.45, 7) is 5.01. The Morgan fingerprint density at radius 2 is 1.66 bits per heavy atom. The van der Waals surface area contributed by atoms with Crippen molar-refractivity contribution in [3.63, 3.8) is 0 Å². The summed E-state index contributed by atoms with van der Waals surface area (Å²) in [6.07, 6.45) is 7.35. The van der Waals surface area contributed by atoms with Crippen LogP contribution in [-0.2, 0) is 4.79 Å². The summed E-state index contributed by atoms with van der Waals surface area (Å²) in [5.74, 6) is 0.987. The average Bonchev–Trinajstić information content (AvgIpc) is 3.23. The molecule has 0 aliphatic carbocycles. The molecule has 6 heteroatoms. The zero-order valence-corrected chi connectivity index (χ0v) is 17.3. The fraction of sp³-hybridized carbons (Fsp3) is 0.217. The van der Waals surface area contributed by atoms with Crippen molar-refractivity contribution in [3.8, 4) is 5.69 Å². The average molecular weight is 409 g/mol. The minimum absolute atomic E-state index is 0. The van der Waals surface area contributed by atoms with Crippen LogP contribution in [0.15, 0.2) is 73.1 Å². The van der Waals surface area contributed by atoms with Crippen LogP contribution in [0.5, 0.6) is 0 Å². The molecule has 29 heavy (non-hydrogen) atoms. The number of anilines is 1. The molecule has 5 nitrogen and oxygen atoms in total. The van der Waals surface area contributed by atoms with Gasteiger partial charge in [0.1, 0.15) is 0 Å². The van der Waals surface area contributed by atoms with E-state index in [0.29, 0.717) is 13.1 Å². The van der Waals surface area contributed by atoms with Gasteiger partial charge in [0.25, 0.3) is 0 Å². The minimum Gasteiger partial charge on any atom is -0.338 e. The molecule has 2 heterocycles. The Labute approximate surface area is 177 Å². The second-order valence-corrected chi connectivity index (χ2v) is 6.99. The monoisotopic (exact) mass is 408 g/mol. The Balaban J connectivity index is 0.00000240. The van der Waals surface area contributed by atoms with Gasteiger partial charge in [-0.2, -0.15) is 0 Å². The second-order valence-electron chi connectivity index (χ2n) is 6.99. The number of halogens is 1. The molecule has 1 aliphatic heterocycles. The lowest BCUT2D eigenvalue weighted by Gasteiger charge is -2.35. The molecule has 0 spiro atoms. The number of amides is 1. The fourth-order valence-corrected chi connectivity index (χ4v) is 3.40. The molecular formula is C23H25ClN4O. The van der Waals surface area contributed by atoms with Crippen molar-refractivity contribution in [3.05, 3.63) is 84.2 Å². The molecule has 1 fully saturated rings. The lowest BCUT2D eigenvalue weighted by atomic mass is 10.2. The van der Waals surface area contributed by atoms with Crippen LogP contribution in [0, 0.1) is 6.92 Å². The van der Waals surface area contributed by atoms with Crippen molar-refractivity contribution < 1.29 is 4.79 Å². The maximum Gasteiger partial charge on any atom is 0.246 e. The zero-order valence-electron chi connectivity index (χ0n) is 16.4. The predicted molar refractivity (Wildman–Crippen MR) is 120 cm³/mol. The first-order chi connectivity index (χ1) is 13.7. The number of imidazole rings is 1. The largest absolute Gasteiger partial charge is 0.338 e. The van der Waals surface area contributed by atoms with E-state index in [1.165, 1.54) is 5.56 Å². The first-order valence-corrected chi connectivity index (χ1v) is 9.58. The third-order valence-electron chi connectivity index (χ3n) is 5.03. The van der Waals surface area contributed by atoms with Crippen molar-refractivity contribution in [1.82, 2.24) is 14.5 Å². The smallest absolute Gasteiger partial charge is 0.246 e. The molecule has 1 amide bonds. The van der Waals surface area contributed by atoms with Crippen molar-refractivity contribution in [1.29, 1.82) is 0 Å². The van der Waals surface area contributed by atoms with Crippen LogP contribution >= 0.6 is 12.4 Å². The highest BCUT2D eigenvalue weighted by Gasteiger charge is 2.22. The summed E-state index contributed by atoms with van der Waals surface area (Å²) in [6, 6.07) is 18.3. The number of benzene rings is 2. The SMILES string of the molecule is Cc1ccc(-n2ccnc2N2CCN(C(=O)C=Cc3ccccc3)CC2)cc1.Cl. The number of carbonyl (C=O) groups excluding carboxylic acids is 1. The first-order valence-electron chi connectivity index (χ1n) is 9.58. The van der Waals surface area contributed by atoms with Gasteiger partial charge in [-0.25, -0.2) is 4.98 Å². The van der Waals surface area contributed by atoms with Crippen LogP contribution in [0.3, 0.4) is 0 Å². The number of hydrogen-bond acceptors (Lipinski definition) is 3. The van der Waals surface area contributed by atoms with Crippen LogP contribution in [0.4, 0.5) is 5.95 Å². The van der Waals surface area contributed by atoms with Crippen LogP contribution in [0.25, 0.3) is 11.8 Å². The molecular weight excluding hydrogens is 384 g/mol. The molecule has 0 N–H and O–H groups in total. The third-order valence-corrected chi connectivity index (χ3v) is 5.03. The van der Waals surface area contributed by atoms with Gasteiger partial charge in [-0.15, -0.1) is 12.4 Å². The van der Waals surface area contributed by atoms with Gasteiger partial charge in [-0.1, -0.05) is 48.0 Å². The number of rotatable bonds is 4. The number of piperazine rings is 1. The van der Waals surface area contributed by atoms with Crippen LogP contribution in [-0.4, -0.2) is 46.5 Å². The van der Waals surface area contributed by atoms with E-state index < -0.39 is 0 Å². The fourth-order valence-electron chi connectivity index (χ4n) is 3.40. The molecule has 0 unspecified atom stereocenters. The Hall–Kier alpha value is -3.05. The molecule has 0 radical (unpaired) electrons. The summed E-state index contributed by atoms with van der Waals surface area (Å²) >= 11 is 0. The summed E-state index contributed by atoms with van der Waals surface area (Å²) in [4.78, 5) is 21.2. The number of carbonyl (C=O) groups is 1. The van der Waals surface area contributed by atoms with Gasteiger partial charge < -0.3 is 9.80 Å². The van der Waals surface area contributed by atoms with Crippen LogP contribution in [0.1, 0.15) is 11.1 Å². The van der Waals surface area contributed by atoms with Gasteiger partial charge in [-0.05, 0) is 30.7 Å². The highest BCUT2D eigenvalue weighted by molar-refractivity contribution is 5.91. The molecule has 1 aliphatic rings. The molecule has 1 saturated heterocycles. The third kappa shape index (κ3) is 4.87. The van der Waals surface area contributed by atoms with E-state index in [9.17, 15) is 4.79 Å². The quantitative estimate of drug-likeness (QED) is 0.613. The number of hydrogen-bond donors (Lipinski definition) is 0. The lowest BCUT2D eigenvalue weighted by molar-refractivity contribution is -0.126. The summed E-state index contributed by atoms with van der Waals surface area (Å²) in [5, 5.41) is 0. The highest BCUT2D eigenvalue weighted by Crippen LogP contribution is 2.20. The van der Waals surface area contributed by atoms with E-state index in [4.69, 9.17) is 0 Å². The van der Waals surface area contributed by atoms with Gasteiger partial charge in [0, 0.05) is 50.3 Å². The first kappa shape index (κ1) is 20.7. The normalized spacial score (nSPS) is 14.1. The van der Waals surface area contributed by atoms with Gasteiger partial charge in [-0.3, -0.25) is 9.36 Å². The Morgan fingerprint density at radius 3 is 2.34 bits per heavy atom. The maximum absolute atomic E-state index is 12.5. The van der Waals surface area contributed by atoms with E-state index in [-0.39, 0.29) is 18.3 Å². The van der Waals surface area contributed by atoms with E-state index >= 15 is 0 Å². The van der Waals surface area contributed by atoms with E-state index in [2.05, 4.69) is 45.6 Å². The Bertz CT molecular complexity index is 958. The van der Waals surface area contributed by atoms with Gasteiger partial charge in [0.05, 0.1) is 0 Å². The molecule has 4 rings (SSSR count). The molecule has 2 aromatic carbocycles. The molecule has 3 aromatic rings. The Morgan fingerprint density at radius 1 is 0.966 bits per heavy atom. The highest BCUT2D eigenvalue weighted by atomic mass is 35.5. The van der Waals surface area contributed by atoms with Gasteiger partial charge >= 0.3 is 0 Å². The molecule has 0 bridgehead atoms. The van der Waals surface area contributed by atoms with Gasteiger partial charge in [0.2, 0.25) is 11.9 Å². The minimum atomic E-state index is 0. The van der Waals surface area contributed by atoms with Crippen LogP contribution < -0.4 is 4.90 Å². The van der Waals surface area contributed by atoms with E-state index in [0.717, 1.165) is 30.3 Å². The summed E-state index contributed by atoms with van der Waals surface area (Å²) < 4.78 is 2.10. The van der Waals surface area contributed by atoms with Crippen molar-refractivity contribution in [2.45, 2.75) is 6.92 Å². The zero-order chi connectivity index (χ0) is 19.3. The molecule has 0 saturated carbocycles. The predicted octanol–water partition coefficient (Wildman–Crippen LogP) is 3.96. The van der Waals surface area contributed by atoms with Crippen molar-refractivity contribution in [2.24, 2.45) is 0 Å².